The Morgan fingerprint density at radius 3 is 2.65 bits per heavy atom. The van der Waals surface area contributed by atoms with Crippen molar-refractivity contribution in [2.45, 2.75) is 35.6 Å². The highest BCUT2D eigenvalue weighted by molar-refractivity contribution is 7.92. The molecule has 0 radical (unpaired) electrons. The number of rotatable bonds is 6. The van der Waals surface area contributed by atoms with Crippen molar-refractivity contribution in [2.24, 2.45) is 5.16 Å². The van der Waals surface area contributed by atoms with E-state index in [0.29, 0.717) is 32.5 Å². The summed E-state index contributed by atoms with van der Waals surface area (Å²) >= 11 is 0. The van der Waals surface area contributed by atoms with Crippen LogP contribution in [0.1, 0.15) is 24.8 Å². The van der Waals surface area contributed by atoms with Crippen molar-refractivity contribution in [3.63, 3.8) is 0 Å². The Morgan fingerprint density at radius 2 is 2.13 bits per heavy atom. The highest BCUT2D eigenvalue weighted by Gasteiger charge is 2.37. The summed E-state index contributed by atoms with van der Waals surface area (Å²) in [4.78, 5) is 20.4. The summed E-state index contributed by atoms with van der Waals surface area (Å²) in [5.74, 6) is -1.27. The first-order valence-electron chi connectivity index (χ1n) is 7.23. The molecule has 2 aliphatic rings. The van der Waals surface area contributed by atoms with Gasteiger partial charge in [0.2, 0.25) is 0 Å². The molecule has 0 amide bonds. The van der Waals surface area contributed by atoms with E-state index >= 15 is 0 Å². The number of hydrogen-bond donors (Lipinski definition) is 1. The van der Waals surface area contributed by atoms with Gasteiger partial charge in [-0.15, -0.1) is 0 Å². The maximum absolute atomic E-state index is 12.1. The van der Waals surface area contributed by atoms with Gasteiger partial charge in [-0.3, -0.25) is 0 Å². The maximum atomic E-state index is 12.1. The first-order valence-corrected chi connectivity index (χ1v) is 8.78. The summed E-state index contributed by atoms with van der Waals surface area (Å²) in [6.07, 6.45) is 2.85. The predicted octanol–water partition coefficient (Wildman–Crippen LogP) is 0.612. The number of oxime groups is 1. The first kappa shape index (κ1) is 15.9. The number of aromatic nitrogens is 1. The fourth-order valence-electron chi connectivity index (χ4n) is 2.18. The minimum absolute atomic E-state index is 0.0430. The van der Waals surface area contributed by atoms with Crippen LogP contribution in [0.4, 0.5) is 0 Å². The van der Waals surface area contributed by atoms with E-state index in [1.807, 2.05) is 0 Å². The minimum Gasteiger partial charge on any atom is -0.476 e. The zero-order valence-corrected chi connectivity index (χ0v) is 13.0. The van der Waals surface area contributed by atoms with E-state index in [9.17, 15) is 18.3 Å². The molecular formula is C14H16N2O6S. The number of sulfone groups is 1. The van der Waals surface area contributed by atoms with E-state index in [-0.39, 0.29) is 27.7 Å². The largest absolute Gasteiger partial charge is 0.476 e. The summed E-state index contributed by atoms with van der Waals surface area (Å²) in [5, 5.41) is 12.5. The highest BCUT2D eigenvalue weighted by atomic mass is 32.2. The maximum Gasteiger partial charge on any atom is 0.358 e. The van der Waals surface area contributed by atoms with Gasteiger partial charge in [-0.1, -0.05) is 5.16 Å². The number of carbonyl (C=O) groups is 1. The average Bonchev–Trinajstić information content (AvgIpc) is 3.27. The van der Waals surface area contributed by atoms with Gasteiger partial charge in [-0.2, -0.15) is 0 Å². The van der Waals surface area contributed by atoms with Crippen molar-refractivity contribution >= 4 is 21.5 Å². The number of ether oxygens (including phenoxy) is 1. The molecule has 1 saturated heterocycles. The summed E-state index contributed by atoms with van der Waals surface area (Å²) in [7, 11) is -3.40. The Hall–Kier alpha value is -2.00. The third kappa shape index (κ3) is 3.50. The molecule has 1 aliphatic heterocycles. The van der Waals surface area contributed by atoms with Crippen LogP contribution in [-0.2, 0) is 24.2 Å². The van der Waals surface area contributed by atoms with Gasteiger partial charge in [0.05, 0.1) is 18.5 Å². The zero-order valence-electron chi connectivity index (χ0n) is 12.2. The summed E-state index contributed by atoms with van der Waals surface area (Å²) in [6.45, 7) is 0.922. The molecule has 23 heavy (non-hydrogen) atoms. The van der Waals surface area contributed by atoms with E-state index in [0.717, 1.165) is 0 Å². The molecule has 0 aromatic carbocycles. The van der Waals surface area contributed by atoms with E-state index in [4.69, 9.17) is 9.57 Å². The van der Waals surface area contributed by atoms with Gasteiger partial charge in [0.25, 0.3) is 0 Å². The van der Waals surface area contributed by atoms with Crippen LogP contribution in [0, 0.1) is 0 Å². The molecule has 1 aliphatic carbocycles. The molecule has 1 saturated carbocycles. The number of carboxylic acid groups (broad SMARTS) is 1. The second kappa shape index (κ2) is 6.25. The van der Waals surface area contributed by atoms with Crippen molar-refractivity contribution in [3.05, 3.63) is 23.9 Å². The Kier molecular flexibility index (Phi) is 4.31. The molecule has 1 atom stereocenters. The molecule has 0 unspecified atom stereocenters. The van der Waals surface area contributed by atoms with Crippen LogP contribution >= 0.6 is 0 Å². The van der Waals surface area contributed by atoms with Crippen LogP contribution in [0.2, 0.25) is 0 Å². The SMILES string of the molecule is O=C(O)/C(=N/O[C@@H]1CCOC1)c1ccc(S(=O)(=O)C2CC2)nc1. The Morgan fingerprint density at radius 1 is 1.35 bits per heavy atom. The average molecular weight is 340 g/mol. The fraction of sp³-hybridized carbons (Fsp3) is 0.500. The summed E-state index contributed by atoms with van der Waals surface area (Å²) < 4.78 is 29.2. The van der Waals surface area contributed by atoms with Crippen LogP contribution in [-0.4, -0.2) is 54.8 Å². The topological polar surface area (TPSA) is 115 Å². The predicted molar refractivity (Wildman–Crippen MR) is 78.9 cm³/mol. The molecule has 0 spiro atoms. The van der Waals surface area contributed by atoms with Gasteiger partial charge in [0.15, 0.2) is 26.7 Å². The number of aliphatic carboxylic acids is 1. The lowest BCUT2D eigenvalue weighted by molar-refractivity contribution is -0.129. The quantitative estimate of drug-likeness (QED) is 0.596. The van der Waals surface area contributed by atoms with Gasteiger partial charge in [0, 0.05) is 18.2 Å². The number of hydrogen-bond acceptors (Lipinski definition) is 7. The van der Waals surface area contributed by atoms with Crippen LogP contribution in [0.25, 0.3) is 0 Å². The molecule has 1 N–H and O–H groups in total. The van der Waals surface area contributed by atoms with Crippen molar-refractivity contribution in [1.82, 2.24) is 4.98 Å². The third-order valence-electron chi connectivity index (χ3n) is 3.65. The van der Waals surface area contributed by atoms with Gasteiger partial charge >= 0.3 is 5.97 Å². The minimum atomic E-state index is -3.40. The van der Waals surface area contributed by atoms with Gasteiger partial charge in [-0.05, 0) is 25.0 Å². The van der Waals surface area contributed by atoms with Crippen LogP contribution in [0.3, 0.4) is 0 Å². The highest BCUT2D eigenvalue weighted by Crippen LogP contribution is 2.32. The molecule has 9 heteroatoms. The lowest BCUT2D eigenvalue weighted by Gasteiger charge is -2.07. The second-order valence-electron chi connectivity index (χ2n) is 5.47. The van der Waals surface area contributed by atoms with Gasteiger partial charge in [-0.25, -0.2) is 18.2 Å². The smallest absolute Gasteiger partial charge is 0.358 e. The van der Waals surface area contributed by atoms with Crippen LogP contribution < -0.4 is 0 Å². The van der Waals surface area contributed by atoms with Crippen molar-refractivity contribution in [3.8, 4) is 0 Å². The van der Waals surface area contributed by atoms with Crippen LogP contribution in [0.5, 0.6) is 0 Å². The monoisotopic (exact) mass is 340 g/mol. The molecule has 8 nitrogen and oxygen atoms in total. The molecule has 3 rings (SSSR count). The molecule has 0 bridgehead atoms. The molecule has 124 valence electrons. The van der Waals surface area contributed by atoms with Gasteiger partial charge in [0.1, 0.15) is 0 Å². The molecule has 2 heterocycles. The molecule has 1 aromatic rings. The fourth-order valence-corrected chi connectivity index (χ4v) is 3.73. The molecule has 1 aromatic heterocycles. The normalized spacial score (nSPS) is 22.1. The second-order valence-corrected chi connectivity index (χ2v) is 7.64. The Labute approximate surface area is 133 Å². The Bertz CT molecular complexity index is 718. The zero-order chi connectivity index (χ0) is 16.4. The van der Waals surface area contributed by atoms with Crippen molar-refractivity contribution < 1.29 is 27.9 Å². The first-order chi connectivity index (χ1) is 11.0. The number of pyridine rings is 1. The molecule has 2 fully saturated rings. The van der Waals surface area contributed by atoms with Gasteiger partial charge < -0.3 is 14.7 Å². The van der Waals surface area contributed by atoms with Crippen LogP contribution in [0.15, 0.2) is 28.5 Å². The summed E-state index contributed by atoms with van der Waals surface area (Å²) in [5.41, 5.74) is -0.133. The number of carboxylic acids is 1. The standard InChI is InChI=1S/C14H16N2O6S/c17-14(18)13(16-22-10-5-6-21-8-10)9-1-4-12(15-7-9)23(19,20)11-2-3-11/h1,4,7,10-11H,2-3,5-6,8H2,(H,17,18)/b16-13+/t10-/m1/s1. The number of nitrogens with zero attached hydrogens (tertiary/aromatic N) is 2. The van der Waals surface area contributed by atoms with E-state index < -0.39 is 15.8 Å². The third-order valence-corrected chi connectivity index (χ3v) is 5.82. The van der Waals surface area contributed by atoms with Crippen molar-refractivity contribution in [2.75, 3.05) is 13.2 Å². The van der Waals surface area contributed by atoms with E-state index in [1.165, 1.54) is 18.3 Å². The molecular weight excluding hydrogens is 324 g/mol. The van der Waals surface area contributed by atoms with E-state index in [2.05, 4.69) is 10.1 Å². The Balaban J connectivity index is 1.79. The summed E-state index contributed by atoms with van der Waals surface area (Å²) in [6, 6.07) is 2.68. The lowest BCUT2D eigenvalue weighted by atomic mass is 10.2. The van der Waals surface area contributed by atoms with E-state index in [1.54, 1.807) is 0 Å². The lowest BCUT2D eigenvalue weighted by Crippen LogP contribution is -2.18. The van der Waals surface area contributed by atoms with Crippen molar-refractivity contribution in [1.29, 1.82) is 0 Å².